The largest absolute Gasteiger partial charge is 0.307 e. The van der Waals surface area contributed by atoms with Crippen LogP contribution in [0.25, 0.3) is 93.3 Å². The van der Waals surface area contributed by atoms with Gasteiger partial charge < -0.3 is 13.5 Å². The molecule has 5 heterocycles. The molecular weight excluding hydrogens is 663 g/mol. The molecule has 0 unspecified atom stereocenters. The van der Waals surface area contributed by atoms with Crippen LogP contribution >= 0.6 is 22.9 Å². The second-order valence-corrected chi connectivity index (χ2v) is 12.9. The van der Waals surface area contributed by atoms with Crippen LogP contribution in [0.5, 0.6) is 0 Å². The van der Waals surface area contributed by atoms with E-state index in [1.807, 2.05) is 0 Å². The van der Waals surface area contributed by atoms with Gasteiger partial charge in [-0.3, -0.25) is 2.78 Å². The van der Waals surface area contributed by atoms with Crippen molar-refractivity contribution in [1.82, 2.24) is 16.3 Å². The van der Waals surface area contributed by atoms with Gasteiger partial charge in [0.05, 0.1) is 72.5 Å². The van der Waals surface area contributed by atoms with Crippen LogP contribution in [-0.2, 0) is 0 Å². The Balaban J connectivity index is 1.58. The number of rotatable bonds is 2. The van der Waals surface area contributed by atoms with Crippen LogP contribution in [0.4, 0.5) is 0 Å². The predicted molar refractivity (Wildman–Crippen MR) is 197 cm³/mol. The van der Waals surface area contributed by atoms with Crippen LogP contribution in [0, 0.1) is 0 Å². The van der Waals surface area contributed by atoms with E-state index in [1.54, 1.807) is 0 Å². The van der Waals surface area contributed by atoms with Gasteiger partial charge in [0.2, 0.25) is 0 Å². The van der Waals surface area contributed by atoms with E-state index in [0.717, 1.165) is 5.69 Å². The summed E-state index contributed by atoms with van der Waals surface area (Å²) in [6.07, 6.45) is 0. The smallest absolute Gasteiger partial charge is 0.0805 e. The zero-order valence-corrected chi connectivity index (χ0v) is 26.1. The van der Waals surface area contributed by atoms with Crippen molar-refractivity contribution >= 4 is 105 Å². The number of benzene rings is 6. The zero-order valence-electron chi connectivity index (χ0n) is 23.9. The van der Waals surface area contributed by atoms with Crippen LogP contribution in [0.1, 0.15) is 0 Å². The van der Waals surface area contributed by atoms with Gasteiger partial charge in [-0.25, -0.2) is 0 Å². The van der Waals surface area contributed by atoms with Gasteiger partial charge in [0, 0.05) is 43.7 Å². The Morgan fingerprint density at radius 2 is 0.822 bits per heavy atom. The number of hydrogen-bond donors (Lipinski definition) is 0. The maximum atomic E-state index is 2.61. The van der Waals surface area contributed by atoms with Crippen LogP contribution in [0.2, 0.25) is 0 Å². The fourth-order valence-corrected chi connectivity index (χ4v) is 8.93. The molecule has 0 N–H and O–H groups in total. The number of fused-ring (bicyclic) bond motifs is 10. The highest BCUT2D eigenvalue weighted by Gasteiger charge is 2.28. The van der Waals surface area contributed by atoms with Gasteiger partial charge in [-0.1, -0.05) is 84.9 Å². The van der Waals surface area contributed by atoms with Crippen molar-refractivity contribution in [1.29, 1.82) is 0 Å². The Hall–Kier alpha value is -5.27. The SMILES string of the molecule is In1c2cccc3c2c2c1ccc1c4c(c5ccccc5n4-c4ccccc4)n(c12)c1c2ccccc2n(-c2ccccc2)c31. The average molecular weight is 687 g/mol. The third-order valence-corrected chi connectivity index (χ3v) is 10.8. The van der Waals surface area contributed by atoms with E-state index in [-0.39, 0.29) is 0 Å². The molecule has 11 aromatic rings. The fourth-order valence-electron chi connectivity index (χ4n) is 8.13. The molecule has 0 spiro atoms. The molecule has 5 aromatic heterocycles. The second kappa shape index (κ2) is 8.46. The van der Waals surface area contributed by atoms with E-state index < -0.39 is 0 Å². The third-order valence-electron chi connectivity index (χ3n) is 9.78. The number of nitrogens with zero attached hydrogens (tertiary/aromatic N) is 4. The van der Waals surface area contributed by atoms with Crippen molar-refractivity contribution in [3.05, 3.63) is 140 Å². The first-order valence-electron chi connectivity index (χ1n) is 15.3. The van der Waals surface area contributed by atoms with E-state index in [1.165, 1.54) is 87.7 Å². The lowest BCUT2D eigenvalue weighted by molar-refractivity contribution is 1.18. The highest BCUT2D eigenvalue weighted by molar-refractivity contribution is 14.1. The first-order chi connectivity index (χ1) is 22.3. The summed E-state index contributed by atoms with van der Waals surface area (Å²) in [6, 6.07) is 51.0. The van der Waals surface area contributed by atoms with Crippen molar-refractivity contribution in [2.75, 3.05) is 0 Å². The summed E-state index contributed by atoms with van der Waals surface area (Å²) in [6.45, 7) is 0. The summed E-state index contributed by atoms with van der Waals surface area (Å²) >= 11 is 2.49. The van der Waals surface area contributed by atoms with Crippen LogP contribution < -0.4 is 0 Å². The van der Waals surface area contributed by atoms with Crippen molar-refractivity contribution in [2.45, 2.75) is 0 Å². The minimum absolute atomic E-state index is 1.16. The van der Waals surface area contributed by atoms with Crippen LogP contribution in [0.3, 0.4) is 0 Å². The van der Waals surface area contributed by atoms with Crippen molar-refractivity contribution in [3.8, 4) is 11.4 Å². The molecule has 0 amide bonds. The minimum Gasteiger partial charge on any atom is -0.307 e. The Kier molecular flexibility index (Phi) is 4.53. The van der Waals surface area contributed by atoms with E-state index >= 15 is 0 Å². The predicted octanol–water partition coefficient (Wildman–Crippen LogP) is 11.0. The highest BCUT2D eigenvalue weighted by atomic mass is 127. The van der Waals surface area contributed by atoms with Gasteiger partial charge in [0.15, 0.2) is 0 Å². The quantitative estimate of drug-likeness (QED) is 0.161. The van der Waals surface area contributed by atoms with Gasteiger partial charge in [-0.15, -0.1) is 0 Å². The lowest BCUT2D eigenvalue weighted by Gasteiger charge is -2.08. The summed E-state index contributed by atoms with van der Waals surface area (Å²) in [5.74, 6) is 0. The Morgan fingerprint density at radius 1 is 0.333 bits per heavy atom. The van der Waals surface area contributed by atoms with E-state index in [4.69, 9.17) is 0 Å². The molecule has 0 aliphatic carbocycles. The molecule has 0 saturated heterocycles. The fraction of sp³-hybridized carbons (Fsp3) is 0. The molecule has 6 aromatic carbocycles. The van der Waals surface area contributed by atoms with Gasteiger partial charge in [-0.2, -0.15) is 0 Å². The minimum atomic E-state index is 1.16. The summed E-state index contributed by atoms with van der Waals surface area (Å²) in [5.41, 5.74) is 13.5. The number of para-hydroxylation sites is 4. The molecule has 0 atom stereocenters. The van der Waals surface area contributed by atoms with Gasteiger partial charge >= 0.3 is 0 Å². The van der Waals surface area contributed by atoms with Crippen LogP contribution in [-0.4, -0.2) is 16.3 Å². The van der Waals surface area contributed by atoms with Crippen molar-refractivity contribution in [3.63, 3.8) is 0 Å². The second-order valence-electron chi connectivity index (χ2n) is 11.9. The number of aromatic nitrogens is 4. The third kappa shape index (κ3) is 2.84. The molecular formula is C40H23IN4. The van der Waals surface area contributed by atoms with Gasteiger partial charge in [0.25, 0.3) is 0 Å². The normalized spacial score (nSPS) is 12.6. The first kappa shape index (κ1) is 24.1. The average Bonchev–Trinajstić information content (AvgIpc) is 3.78. The Labute approximate surface area is 270 Å². The monoisotopic (exact) mass is 686 g/mol. The molecule has 4 nitrogen and oxygen atoms in total. The van der Waals surface area contributed by atoms with Crippen LogP contribution in [0.15, 0.2) is 140 Å². The van der Waals surface area contributed by atoms with Crippen molar-refractivity contribution in [2.24, 2.45) is 0 Å². The summed E-state index contributed by atoms with van der Waals surface area (Å²) in [7, 11) is 0. The molecule has 0 saturated carbocycles. The molecule has 0 bridgehead atoms. The highest BCUT2D eigenvalue weighted by Crippen LogP contribution is 2.49. The van der Waals surface area contributed by atoms with E-state index in [2.05, 4.69) is 179 Å². The topological polar surface area (TPSA) is 19.2 Å². The standard InChI is InChI=1S/C40H23IN4/c41-45-32-21-11-18-28-34(32)35-33(45)23-22-29-36(35)44(37-26-16-7-9-19-30(26)42(39(28)37)24-12-3-1-4-13-24)38-27-17-8-10-20-31(27)43(40(29)38)25-14-5-2-6-15-25/h1-23H. The summed E-state index contributed by atoms with van der Waals surface area (Å²) in [4.78, 5) is 0. The van der Waals surface area contributed by atoms with E-state index in [0.29, 0.717) is 0 Å². The summed E-state index contributed by atoms with van der Waals surface area (Å²) in [5, 5.41) is 7.64. The first-order valence-corrected chi connectivity index (χ1v) is 16.2. The summed E-state index contributed by atoms with van der Waals surface area (Å²) < 4.78 is 9.91. The lowest BCUT2D eigenvalue weighted by atomic mass is 10.1. The molecule has 0 radical (unpaired) electrons. The zero-order chi connectivity index (χ0) is 29.4. The number of hydrogen-bond acceptors (Lipinski definition) is 0. The lowest BCUT2D eigenvalue weighted by Crippen LogP contribution is -1.93. The molecule has 11 rings (SSSR count). The van der Waals surface area contributed by atoms with Gasteiger partial charge in [0.1, 0.15) is 0 Å². The maximum absolute atomic E-state index is 2.61. The molecule has 0 fully saturated rings. The van der Waals surface area contributed by atoms with Gasteiger partial charge in [-0.05, 0) is 54.6 Å². The molecule has 0 aliphatic heterocycles. The Bertz CT molecular complexity index is 2970. The van der Waals surface area contributed by atoms with Crippen molar-refractivity contribution < 1.29 is 0 Å². The molecule has 0 aliphatic rings. The van der Waals surface area contributed by atoms with E-state index in [9.17, 15) is 0 Å². The molecule has 45 heavy (non-hydrogen) atoms. The maximum Gasteiger partial charge on any atom is 0.0805 e. The molecule has 5 heteroatoms. The number of halogens is 1. The Morgan fingerprint density at radius 3 is 1.44 bits per heavy atom. The molecule has 210 valence electrons.